The average molecular weight is 506 g/mol. The molecular weight excluding hydrogens is 478 g/mol. The van der Waals surface area contributed by atoms with Crippen molar-refractivity contribution in [3.05, 3.63) is 54.3 Å². The van der Waals surface area contributed by atoms with E-state index >= 15 is 0 Å². The van der Waals surface area contributed by atoms with E-state index in [1.54, 1.807) is 30.9 Å². The molecule has 2 amide bonds. The lowest BCUT2D eigenvalue weighted by molar-refractivity contribution is -0.143. The number of carboxylic acid groups (broad SMARTS) is 1. The van der Waals surface area contributed by atoms with Gasteiger partial charge < -0.3 is 15.3 Å². The topological polar surface area (TPSA) is 132 Å². The van der Waals surface area contributed by atoms with E-state index in [1.165, 1.54) is 11.3 Å². The van der Waals surface area contributed by atoms with Crippen LogP contribution in [0.25, 0.3) is 21.5 Å². The number of thiazole rings is 1. The summed E-state index contributed by atoms with van der Waals surface area (Å²) in [6, 6.07) is 8.80. The van der Waals surface area contributed by atoms with E-state index in [0.29, 0.717) is 19.4 Å². The summed E-state index contributed by atoms with van der Waals surface area (Å²) in [6.45, 7) is 3.92. The van der Waals surface area contributed by atoms with Gasteiger partial charge in [0.2, 0.25) is 5.79 Å². The first kappa shape index (κ1) is 23.9. The number of pyridine rings is 1. The SMILES string of the molecule is CCNC(=O)NC1(C2CCC(C)(C(=O)O)N2)N=CC=CN1c1cc(-c2ccccn2)c2scnc2c1. The third kappa shape index (κ3) is 4.10. The number of carbonyl (C=O) groups is 2. The Morgan fingerprint density at radius 2 is 2.17 bits per heavy atom. The maximum Gasteiger partial charge on any atom is 0.323 e. The van der Waals surface area contributed by atoms with Crippen molar-refractivity contribution in [1.82, 2.24) is 25.9 Å². The maximum atomic E-state index is 12.9. The normalized spacial score (nSPS) is 25.3. The van der Waals surface area contributed by atoms with Crippen molar-refractivity contribution in [3.63, 3.8) is 0 Å². The summed E-state index contributed by atoms with van der Waals surface area (Å²) >= 11 is 1.53. The van der Waals surface area contributed by atoms with Crippen LogP contribution in [0.5, 0.6) is 0 Å². The van der Waals surface area contributed by atoms with E-state index < -0.39 is 29.4 Å². The summed E-state index contributed by atoms with van der Waals surface area (Å²) in [7, 11) is 0. The van der Waals surface area contributed by atoms with Gasteiger partial charge in [-0.3, -0.25) is 20.4 Å². The van der Waals surface area contributed by atoms with Gasteiger partial charge >= 0.3 is 12.0 Å². The quantitative estimate of drug-likeness (QED) is 0.404. The molecule has 2 aromatic heterocycles. The number of aliphatic imine (C=N–C) groups is 1. The van der Waals surface area contributed by atoms with Crippen molar-refractivity contribution in [2.24, 2.45) is 4.99 Å². The molecule has 0 aliphatic carbocycles. The van der Waals surface area contributed by atoms with Gasteiger partial charge in [0.05, 0.1) is 27.5 Å². The fourth-order valence-electron chi connectivity index (χ4n) is 4.79. The third-order valence-corrected chi connectivity index (χ3v) is 7.49. The third-order valence-electron chi connectivity index (χ3n) is 6.61. The van der Waals surface area contributed by atoms with Gasteiger partial charge in [0.15, 0.2) is 0 Å². The van der Waals surface area contributed by atoms with Crippen LogP contribution in [0, 0.1) is 0 Å². The number of nitrogens with zero attached hydrogens (tertiary/aromatic N) is 4. The van der Waals surface area contributed by atoms with Crippen molar-refractivity contribution < 1.29 is 14.7 Å². The lowest BCUT2D eigenvalue weighted by Gasteiger charge is -2.46. The number of hydrogen-bond donors (Lipinski definition) is 4. The number of aliphatic carboxylic acids is 1. The largest absolute Gasteiger partial charge is 0.480 e. The molecule has 1 saturated heterocycles. The zero-order valence-electron chi connectivity index (χ0n) is 19.9. The summed E-state index contributed by atoms with van der Waals surface area (Å²) in [5.41, 5.74) is 3.91. The molecular formula is C25H27N7O3S. The molecule has 2 aliphatic rings. The van der Waals surface area contributed by atoms with Crippen LogP contribution in [0.15, 0.2) is 59.3 Å². The molecule has 4 N–H and O–H groups in total. The summed E-state index contributed by atoms with van der Waals surface area (Å²) in [6.07, 6.45) is 7.88. The Labute approximate surface area is 212 Å². The molecule has 186 valence electrons. The zero-order valence-corrected chi connectivity index (χ0v) is 20.7. The van der Waals surface area contributed by atoms with E-state index in [9.17, 15) is 14.7 Å². The highest BCUT2D eigenvalue weighted by Crippen LogP contribution is 2.40. The first-order valence-corrected chi connectivity index (χ1v) is 12.6. The highest BCUT2D eigenvalue weighted by molar-refractivity contribution is 7.17. The standard InChI is InChI=1S/C25H27N7O3S/c1-3-26-23(35)31-25(20-8-9-24(2,30-20)22(33)34)29-11-6-12-32(25)16-13-17(18-7-4-5-10-27-18)21-19(14-16)28-15-36-21/h4-7,10-15,20,30H,3,8-9H2,1-2H3,(H,33,34)(H2,26,31,35). The first-order chi connectivity index (χ1) is 17.4. The van der Waals surface area contributed by atoms with E-state index in [0.717, 1.165) is 27.2 Å². The number of benzene rings is 1. The monoisotopic (exact) mass is 505 g/mol. The summed E-state index contributed by atoms with van der Waals surface area (Å²) < 4.78 is 1.00. The van der Waals surface area contributed by atoms with Gasteiger partial charge in [0.25, 0.3) is 0 Å². The summed E-state index contributed by atoms with van der Waals surface area (Å²) in [5.74, 6) is -2.26. The van der Waals surface area contributed by atoms with Crippen molar-refractivity contribution >= 4 is 45.5 Å². The number of amides is 2. The van der Waals surface area contributed by atoms with Gasteiger partial charge in [-0.15, -0.1) is 11.3 Å². The van der Waals surface area contributed by atoms with Gasteiger partial charge in [-0.25, -0.2) is 14.8 Å². The van der Waals surface area contributed by atoms with Crippen LogP contribution in [-0.4, -0.2) is 57.2 Å². The number of fused-ring (bicyclic) bond motifs is 1. The molecule has 2 aliphatic heterocycles. The number of anilines is 1. The van der Waals surface area contributed by atoms with Crippen molar-refractivity contribution in [1.29, 1.82) is 0 Å². The number of rotatable bonds is 6. The van der Waals surface area contributed by atoms with Gasteiger partial charge in [-0.1, -0.05) is 6.07 Å². The Balaban J connectivity index is 1.65. The summed E-state index contributed by atoms with van der Waals surface area (Å²) in [4.78, 5) is 40.6. The molecule has 36 heavy (non-hydrogen) atoms. The number of allylic oxidation sites excluding steroid dienone is 1. The van der Waals surface area contributed by atoms with Crippen molar-refractivity contribution in [2.75, 3.05) is 11.4 Å². The highest BCUT2D eigenvalue weighted by atomic mass is 32.1. The first-order valence-electron chi connectivity index (χ1n) is 11.7. The van der Waals surface area contributed by atoms with E-state index in [2.05, 4.69) is 25.9 Å². The van der Waals surface area contributed by atoms with E-state index in [-0.39, 0.29) is 0 Å². The van der Waals surface area contributed by atoms with Gasteiger partial charge in [-0.2, -0.15) is 0 Å². The van der Waals surface area contributed by atoms with Crippen LogP contribution in [-0.2, 0) is 4.79 Å². The van der Waals surface area contributed by atoms with E-state index in [4.69, 9.17) is 4.99 Å². The molecule has 0 saturated carbocycles. The number of hydrogen-bond acceptors (Lipinski definition) is 8. The Morgan fingerprint density at radius 3 is 2.89 bits per heavy atom. The Hall–Kier alpha value is -3.83. The number of carbonyl (C=O) groups excluding carboxylic acids is 1. The molecule has 0 radical (unpaired) electrons. The number of carboxylic acids is 1. The fourth-order valence-corrected chi connectivity index (χ4v) is 5.58. The molecule has 1 fully saturated rings. The van der Waals surface area contributed by atoms with Crippen molar-refractivity contribution in [2.45, 2.75) is 44.1 Å². The van der Waals surface area contributed by atoms with Gasteiger partial charge in [-0.05, 0) is 57.0 Å². The molecule has 1 aromatic carbocycles. The Morgan fingerprint density at radius 1 is 1.31 bits per heavy atom. The lowest BCUT2D eigenvalue weighted by atomic mass is 9.99. The minimum Gasteiger partial charge on any atom is -0.480 e. The summed E-state index contributed by atoms with van der Waals surface area (Å²) in [5, 5.41) is 18.9. The van der Waals surface area contributed by atoms with Gasteiger partial charge in [0, 0.05) is 36.4 Å². The average Bonchev–Trinajstić information content (AvgIpc) is 3.52. The molecule has 11 heteroatoms. The van der Waals surface area contributed by atoms with Crippen molar-refractivity contribution in [3.8, 4) is 11.3 Å². The molecule has 3 aromatic rings. The minimum absolute atomic E-state index is 0.392. The van der Waals surface area contributed by atoms with Crippen LogP contribution in [0.1, 0.15) is 26.7 Å². The predicted octanol–water partition coefficient (Wildman–Crippen LogP) is 3.33. The number of urea groups is 1. The van der Waals surface area contributed by atoms with Crippen LogP contribution >= 0.6 is 11.3 Å². The molecule has 3 unspecified atom stereocenters. The molecule has 3 atom stereocenters. The second-order valence-electron chi connectivity index (χ2n) is 8.98. The molecule has 0 spiro atoms. The van der Waals surface area contributed by atoms with Crippen LogP contribution in [0.4, 0.5) is 10.5 Å². The molecule has 10 nitrogen and oxygen atoms in total. The van der Waals surface area contributed by atoms with Crippen LogP contribution in [0.3, 0.4) is 0 Å². The minimum atomic E-state index is -1.31. The Kier molecular flexibility index (Phi) is 6.19. The number of aromatic nitrogens is 2. The molecule has 0 bridgehead atoms. The maximum absolute atomic E-state index is 12.9. The second kappa shape index (κ2) is 9.32. The Bertz CT molecular complexity index is 1360. The second-order valence-corrected chi connectivity index (χ2v) is 9.84. The number of nitrogens with one attached hydrogen (secondary N) is 3. The van der Waals surface area contributed by atoms with E-state index in [1.807, 2.05) is 48.4 Å². The zero-order chi connectivity index (χ0) is 25.3. The smallest absolute Gasteiger partial charge is 0.323 e. The fraction of sp³-hybridized carbons (Fsp3) is 0.320. The molecule has 5 rings (SSSR count). The van der Waals surface area contributed by atoms with Crippen LogP contribution < -0.4 is 20.9 Å². The van der Waals surface area contributed by atoms with Gasteiger partial charge in [0.1, 0.15) is 5.54 Å². The molecule has 4 heterocycles. The lowest BCUT2D eigenvalue weighted by Crippen LogP contribution is -2.70. The predicted molar refractivity (Wildman–Crippen MR) is 140 cm³/mol. The highest BCUT2D eigenvalue weighted by Gasteiger charge is 2.53. The van der Waals surface area contributed by atoms with Crippen LogP contribution in [0.2, 0.25) is 0 Å².